The van der Waals surface area contributed by atoms with Crippen LogP contribution in [0.2, 0.25) is 0 Å². The van der Waals surface area contributed by atoms with Crippen LogP contribution < -0.4 is 5.32 Å². The second-order valence-electron chi connectivity index (χ2n) is 4.72. The maximum Gasteiger partial charge on any atom is 0.230 e. The first-order valence-electron chi connectivity index (χ1n) is 6.54. The minimum Gasteiger partial charge on any atom is -0.444 e. The van der Waals surface area contributed by atoms with Crippen LogP contribution in [-0.4, -0.2) is 16.6 Å². The SMILES string of the molecule is Cc1cc(Br)ccc1SCC(=O)NCc1nc(C)c(C)o1. The lowest BCUT2D eigenvalue weighted by molar-refractivity contribution is -0.118. The molecule has 1 amide bonds. The Labute approximate surface area is 136 Å². The molecule has 0 aliphatic rings. The Hall–Kier alpha value is -1.27. The zero-order valence-corrected chi connectivity index (χ0v) is 14.6. The Morgan fingerprint density at radius 2 is 2.14 bits per heavy atom. The lowest BCUT2D eigenvalue weighted by Gasteiger charge is -2.06. The van der Waals surface area contributed by atoms with Crippen molar-refractivity contribution in [2.24, 2.45) is 0 Å². The number of hydrogen-bond donors (Lipinski definition) is 1. The number of nitrogens with one attached hydrogen (secondary N) is 1. The molecule has 0 atom stereocenters. The first kappa shape index (κ1) is 16.1. The van der Waals surface area contributed by atoms with E-state index in [4.69, 9.17) is 4.42 Å². The van der Waals surface area contributed by atoms with Crippen molar-refractivity contribution in [1.29, 1.82) is 0 Å². The minimum absolute atomic E-state index is 0.0316. The molecule has 0 radical (unpaired) electrons. The van der Waals surface area contributed by atoms with Crippen LogP contribution in [0.15, 0.2) is 32.0 Å². The van der Waals surface area contributed by atoms with Gasteiger partial charge in [0, 0.05) is 9.37 Å². The Morgan fingerprint density at radius 3 is 2.76 bits per heavy atom. The molecule has 0 fully saturated rings. The van der Waals surface area contributed by atoms with Gasteiger partial charge in [-0.2, -0.15) is 0 Å². The summed E-state index contributed by atoms with van der Waals surface area (Å²) in [6.45, 7) is 6.10. The lowest BCUT2D eigenvalue weighted by atomic mass is 10.2. The number of halogens is 1. The van der Waals surface area contributed by atoms with Crippen molar-refractivity contribution in [2.75, 3.05) is 5.75 Å². The topological polar surface area (TPSA) is 55.1 Å². The van der Waals surface area contributed by atoms with Crippen LogP contribution >= 0.6 is 27.7 Å². The van der Waals surface area contributed by atoms with Gasteiger partial charge >= 0.3 is 0 Å². The number of aryl methyl sites for hydroxylation is 3. The molecule has 1 aromatic carbocycles. The van der Waals surface area contributed by atoms with Gasteiger partial charge in [0.05, 0.1) is 18.0 Å². The monoisotopic (exact) mass is 368 g/mol. The van der Waals surface area contributed by atoms with Crippen molar-refractivity contribution < 1.29 is 9.21 Å². The average molecular weight is 369 g/mol. The van der Waals surface area contributed by atoms with Gasteiger partial charge in [-0.1, -0.05) is 15.9 Å². The number of carbonyl (C=O) groups excluding carboxylic acids is 1. The smallest absolute Gasteiger partial charge is 0.230 e. The molecule has 1 N–H and O–H groups in total. The highest BCUT2D eigenvalue weighted by molar-refractivity contribution is 9.10. The summed E-state index contributed by atoms with van der Waals surface area (Å²) in [5.41, 5.74) is 2.01. The van der Waals surface area contributed by atoms with Gasteiger partial charge in [-0.15, -0.1) is 11.8 Å². The third-order valence-electron chi connectivity index (χ3n) is 3.01. The number of thioether (sulfide) groups is 1. The predicted octanol–water partition coefficient (Wildman–Crippen LogP) is 3.77. The number of hydrogen-bond acceptors (Lipinski definition) is 4. The Morgan fingerprint density at radius 1 is 1.38 bits per heavy atom. The second kappa shape index (κ2) is 7.13. The molecule has 112 valence electrons. The molecule has 1 aromatic heterocycles. The fourth-order valence-electron chi connectivity index (χ4n) is 1.76. The quantitative estimate of drug-likeness (QED) is 0.816. The maximum absolute atomic E-state index is 11.8. The van der Waals surface area contributed by atoms with Gasteiger partial charge in [-0.3, -0.25) is 4.79 Å². The molecule has 1 heterocycles. The molecule has 0 aliphatic heterocycles. The highest BCUT2D eigenvalue weighted by Gasteiger charge is 2.09. The number of benzene rings is 1. The summed E-state index contributed by atoms with van der Waals surface area (Å²) in [7, 11) is 0. The van der Waals surface area contributed by atoms with Gasteiger partial charge in [0.15, 0.2) is 0 Å². The molecule has 4 nitrogen and oxygen atoms in total. The normalized spacial score (nSPS) is 10.7. The van der Waals surface area contributed by atoms with Crippen LogP contribution in [0.1, 0.15) is 22.9 Å². The highest BCUT2D eigenvalue weighted by Crippen LogP contribution is 2.25. The van der Waals surface area contributed by atoms with Gasteiger partial charge in [-0.25, -0.2) is 4.98 Å². The largest absolute Gasteiger partial charge is 0.444 e. The third kappa shape index (κ3) is 4.61. The van der Waals surface area contributed by atoms with E-state index in [9.17, 15) is 4.79 Å². The number of rotatable bonds is 5. The fourth-order valence-corrected chi connectivity index (χ4v) is 3.07. The van der Waals surface area contributed by atoms with Crippen molar-refractivity contribution in [2.45, 2.75) is 32.2 Å². The van der Waals surface area contributed by atoms with E-state index < -0.39 is 0 Å². The summed E-state index contributed by atoms with van der Waals surface area (Å²) in [6, 6.07) is 6.03. The lowest BCUT2D eigenvalue weighted by Crippen LogP contribution is -2.24. The standard InChI is InChI=1S/C15H17BrN2O2S/c1-9-6-12(16)4-5-13(9)21-8-14(19)17-7-15-18-10(2)11(3)20-15/h4-6H,7-8H2,1-3H3,(H,17,19). The third-order valence-corrected chi connectivity index (χ3v) is 4.67. The molecule has 0 saturated carbocycles. The molecule has 0 saturated heterocycles. The number of carbonyl (C=O) groups is 1. The van der Waals surface area contributed by atoms with Crippen LogP contribution in [-0.2, 0) is 11.3 Å². The van der Waals surface area contributed by atoms with E-state index in [-0.39, 0.29) is 5.91 Å². The van der Waals surface area contributed by atoms with Crippen molar-refractivity contribution in [1.82, 2.24) is 10.3 Å². The number of amides is 1. The highest BCUT2D eigenvalue weighted by atomic mass is 79.9. The summed E-state index contributed by atoms with van der Waals surface area (Å²) in [6.07, 6.45) is 0. The molecule has 0 aliphatic carbocycles. The number of nitrogens with zero attached hydrogens (tertiary/aromatic N) is 1. The zero-order valence-electron chi connectivity index (χ0n) is 12.2. The van der Waals surface area contributed by atoms with Crippen LogP contribution in [0.25, 0.3) is 0 Å². The van der Waals surface area contributed by atoms with Gasteiger partial charge in [0.2, 0.25) is 11.8 Å². The van der Waals surface area contributed by atoms with E-state index in [1.165, 1.54) is 11.8 Å². The average Bonchev–Trinajstić information content (AvgIpc) is 2.74. The van der Waals surface area contributed by atoms with E-state index in [0.717, 1.165) is 26.4 Å². The van der Waals surface area contributed by atoms with Crippen LogP contribution in [0.4, 0.5) is 0 Å². The summed E-state index contributed by atoms with van der Waals surface area (Å²) < 4.78 is 6.47. The first-order chi connectivity index (χ1) is 9.95. The summed E-state index contributed by atoms with van der Waals surface area (Å²) in [5.74, 6) is 1.68. The molecule has 2 rings (SSSR count). The molecular weight excluding hydrogens is 352 g/mol. The second-order valence-corrected chi connectivity index (χ2v) is 6.66. The molecule has 21 heavy (non-hydrogen) atoms. The van der Waals surface area contributed by atoms with E-state index in [0.29, 0.717) is 18.2 Å². The summed E-state index contributed by atoms with van der Waals surface area (Å²) >= 11 is 4.95. The fraction of sp³-hybridized carbons (Fsp3) is 0.333. The van der Waals surface area contributed by atoms with Crippen LogP contribution in [0.5, 0.6) is 0 Å². The van der Waals surface area contributed by atoms with E-state index in [1.807, 2.05) is 39.0 Å². The Balaban J connectivity index is 1.82. The Kier molecular flexibility index (Phi) is 5.47. The van der Waals surface area contributed by atoms with E-state index in [1.54, 1.807) is 0 Å². The molecular formula is C15H17BrN2O2S. The molecule has 2 aromatic rings. The van der Waals surface area contributed by atoms with E-state index in [2.05, 4.69) is 26.2 Å². The molecule has 0 bridgehead atoms. The van der Waals surface area contributed by atoms with Gasteiger partial charge < -0.3 is 9.73 Å². The minimum atomic E-state index is -0.0316. The summed E-state index contributed by atoms with van der Waals surface area (Å²) in [4.78, 5) is 17.2. The first-order valence-corrected chi connectivity index (χ1v) is 8.32. The molecule has 0 unspecified atom stereocenters. The van der Waals surface area contributed by atoms with Gasteiger partial charge in [0.25, 0.3) is 0 Å². The van der Waals surface area contributed by atoms with Crippen LogP contribution in [0.3, 0.4) is 0 Å². The van der Waals surface area contributed by atoms with Crippen molar-refractivity contribution >= 4 is 33.6 Å². The zero-order chi connectivity index (χ0) is 15.4. The number of aromatic nitrogens is 1. The van der Waals surface area contributed by atoms with Crippen molar-refractivity contribution in [3.8, 4) is 0 Å². The molecule has 6 heteroatoms. The van der Waals surface area contributed by atoms with Gasteiger partial charge in [0.1, 0.15) is 5.76 Å². The van der Waals surface area contributed by atoms with Crippen molar-refractivity contribution in [3.05, 3.63) is 45.6 Å². The number of oxazole rings is 1. The maximum atomic E-state index is 11.8. The summed E-state index contributed by atoms with van der Waals surface area (Å²) in [5, 5.41) is 2.82. The predicted molar refractivity (Wildman–Crippen MR) is 87.4 cm³/mol. The van der Waals surface area contributed by atoms with Gasteiger partial charge in [-0.05, 0) is 44.5 Å². The Bertz CT molecular complexity index is 636. The van der Waals surface area contributed by atoms with Crippen molar-refractivity contribution in [3.63, 3.8) is 0 Å². The van der Waals surface area contributed by atoms with Crippen LogP contribution in [0, 0.1) is 20.8 Å². The van der Waals surface area contributed by atoms with E-state index >= 15 is 0 Å². The molecule has 0 spiro atoms.